The van der Waals surface area contributed by atoms with Crippen molar-refractivity contribution in [3.8, 4) is 0 Å². The van der Waals surface area contributed by atoms with Crippen LogP contribution in [-0.4, -0.2) is 35.5 Å². The van der Waals surface area contributed by atoms with E-state index in [0.717, 1.165) is 4.90 Å². The van der Waals surface area contributed by atoms with E-state index in [9.17, 15) is 14.0 Å². The van der Waals surface area contributed by atoms with Crippen molar-refractivity contribution in [2.75, 3.05) is 13.7 Å². The number of amides is 3. The van der Waals surface area contributed by atoms with Crippen LogP contribution in [0.1, 0.15) is 18.1 Å². The number of nitrogens with zero attached hydrogens (tertiary/aromatic N) is 2. The molecule has 0 radical (unpaired) electrons. The Morgan fingerprint density at radius 3 is 2.50 bits per heavy atom. The first-order chi connectivity index (χ1) is 12.3. The summed E-state index contributed by atoms with van der Waals surface area (Å²) in [6.07, 6.45) is 0. The monoisotopic (exact) mass is 375 g/mol. The largest absolute Gasteiger partial charge is 0.326 e. The number of benzene rings is 2. The van der Waals surface area contributed by atoms with Crippen molar-refractivity contribution in [3.63, 3.8) is 0 Å². The molecule has 0 aliphatic carbocycles. The fourth-order valence-electron chi connectivity index (χ4n) is 3.04. The smallest absolute Gasteiger partial charge is 0.319 e. The van der Waals surface area contributed by atoms with E-state index in [4.69, 9.17) is 11.6 Å². The third-order valence-electron chi connectivity index (χ3n) is 4.50. The molecule has 1 aliphatic rings. The Hall–Kier alpha value is -2.44. The minimum absolute atomic E-state index is 0.0255. The molecule has 136 valence electrons. The summed E-state index contributed by atoms with van der Waals surface area (Å²) in [5.74, 6) is -0.768. The summed E-state index contributed by atoms with van der Waals surface area (Å²) < 4.78 is 14.0. The Bertz CT molecular complexity index is 826. The van der Waals surface area contributed by atoms with Gasteiger partial charge in [-0.3, -0.25) is 9.69 Å². The van der Waals surface area contributed by atoms with E-state index in [1.807, 2.05) is 18.2 Å². The SMILES string of the molecule is CN(Cc1c(F)cccc1Cl)CN1C(=O)NC(C)(c2ccccc2)C1=O. The molecule has 1 fully saturated rings. The number of rotatable bonds is 5. The zero-order valence-corrected chi connectivity index (χ0v) is 15.3. The zero-order chi connectivity index (χ0) is 18.9. The number of hydrogen-bond acceptors (Lipinski definition) is 3. The zero-order valence-electron chi connectivity index (χ0n) is 14.5. The lowest BCUT2D eigenvalue weighted by Crippen LogP contribution is -2.42. The number of carbonyl (C=O) groups is 2. The van der Waals surface area contributed by atoms with Crippen molar-refractivity contribution in [2.45, 2.75) is 19.0 Å². The van der Waals surface area contributed by atoms with Crippen LogP contribution in [-0.2, 0) is 16.9 Å². The average molecular weight is 376 g/mol. The van der Waals surface area contributed by atoms with Gasteiger partial charge in [0.1, 0.15) is 11.4 Å². The second kappa shape index (κ2) is 7.05. The first-order valence-corrected chi connectivity index (χ1v) is 8.52. The van der Waals surface area contributed by atoms with Gasteiger partial charge in [-0.15, -0.1) is 0 Å². The summed E-state index contributed by atoms with van der Waals surface area (Å²) in [5.41, 5.74) is -0.0790. The first-order valence-electron chi connectivity index (χ1n) is 8.14. The lowest BCUT2D eigenvalue weighted by atomic mass is 9.92. The molecular weight excluding hydrogens is 357 g/mol. The van der Waals surface area contributed by atoms with Crippen LogP contribution >= 0.6 is 11.6 Å². The molecule has 1 saturated heterocycles. The maximum atomic E-state index is 14.0. The van der Waals surface area contributed by atoms with Crippen molar-refractivity contribution in [3.05, 3.63) is 70.5 Å². The molecule has 2 aromatic carbocycles. The van der Waals surface area contributed by atoms with Crippen LogP contribution in [0, 0.1) is 5.82 Å². The van der Waals surface area contributed by atoms with Crippen LogP contribution in [0.2, 0.25) is 5.02 Å². The van der Waals surface area contributed by atoms with Gasteiger partial charge in [-0.25, -0.2) is 14.1 Å². The van der Waals surface area contributed by atoms with Crippen LogP contribution in [0.5, 0.6) is 0 Å². The standard InChI is InChI=1S/C19H19ClFN3O2/c1-19(13-7-4-3-5-8-13)17(25)24(18(26)22-19)12-23(2)11-14-15(20)9-6-10-16(14)21/h3-10H,11-12H2,1-2H3,(H,22,26). The normalized spacial score (nSPS) is 20.0. The van der Waals surface area contributed by atoms with Gasteiger partial charge in [-0.1, -0.05) is 48.0 Å². The van der Waals surface area contributed by atoms with Crippen LogP contribution in [0.25, 0.3) is 0 Å². The van der Waals surface area contributed by atoms with Crippen molar-refractivity contribution < 1.29 is 14.0 Å². The Kier molecular flexibility index (Phi) is 4.98. The Balaban J connectivity index is 1.76. The maximum Gasteiger partial charge on any atom is 0.326 e. The molecule has 1 atom stereocenters. The minimum Gasteiger partial charge on any atom is -0.319 e. The van der Waals surface area contributed by atoms with Gasteiger partial charge in [0.2, 0.25) is 0 Å². The highest BCUT2D eigenvalue weighted by atomic mass is 35.5. The van der Waals surface area contributed by atoms with Crippen LogP contribution in [0.15, 0.2) is 48.5 Å². The highest BCUT2D eigenvalue weighted by molar-refractivity contribution is 6.31. The summed E-state index contributed by atoms with van der Waals surface area (Å²) >= 11 is 6.05. The lowest BCUT2D eigenvalue weighted by Gasteiger charge is -2.25. The van der Waals surface area contributed by atoms with E-state index in [1.165, 1.54) is 12.1 Å². The van der Waals surface area contributed by atoms with Gasteiger partial charge >= 0.3 is 6.03 Å². The third kappa shape index (κ3) is 3.30. The molecule has 0 bridgehead atoms. The number of imide groups is 1. The van der Waals surface area contributed by atoms with Gasteiger partial charge in [0.15, 0.2) is 0 Å². The molecule has 3 rings (SSSR count). The molecule has 2 aromatic rings. The van der Waals surface area contributed by atoms with Gasteiger partial charge in [0.25, 0.3) is 5.91 Å². The number of halogens is 2. The molecule has 7 heteroatoms. The Morgan fingerprint density at radius 2 is 1.85 bits per heavy atom. The Morgan fingerprint density at radius 1 is 1.15 bits per heavy atom. The number of urea groups is 1. The summed E-state index contributed by atoms with van der Waals surface area (Å²) in [5, 5.41) is 3.06. The molecule has 1 N–H and O–H groups in total. The first kappa shape index (κ1) is 18.4. The number of carbonyl (C=O) groups excluding carboxylic acids is 2. The molecule has 5 nitrogen and oxygen atoms in total. The molecular formula is C19H19ClFN3O2. The van der Waals surface area contributed by atoms with Crippen LogP contribution in [0.3, 0.4) is 0 Å². The minimum atomic E-state index is -1.12. The topological polar surface area (TPSA) is 52.6 Å². The molecule has 1 heterocycles. The predicted octanol–water partition coefficient (Wildman–Crippen LogP) is 3.34. The molecule has 0 spiro atoms. The fraction of sp³-hybridized carbons (Fsp3) is 0.263. The quantitative estimate of drug-likeness (QED) is 0.815. The van der Waals surface area contributed by atoms with Crippen molar-refractivity contribution in [1.82, 2.24) is 15.1 Å². The highest BCUT2D eigenvalue weighted by Gasteiger charge is 2.49. The van der Waals surface area contributed by atoms with E-state index >= 15 is 0 Å². The number of hydrogen-bond donors (Lipinski definition) is 1. The highest BCUT2D eigenvalue weighted by Crippen LogP contribution is 2.29. The van der Waals surface area contributed by atoms with Crippen molar-refractivity contribution in [2.24, 2.45) is 0 Å². The van der Waals surface area contributed by atoms with Gasteiger partial charge in [-0.2, -0.15) is 0 Å². The van der Waals surface area contributed by atoms with E-state index in [0.29, 0.717) is 16.1 Å². The molecule has 0 saturated carbocycles. The van der Waals surface area contributed by atoms with Crippen molar-refractivity contribution >= 4 is 23.5 Å². The van der Waals surface area contributed by atoms with E-state index in [-0.39, 0.29) is 19.1 Å². The van der Waals surface area contributed by atoms with Gasteiger partial charge in [0, 0.05) is 17.1 Å². The predicted molar refractivity (Wildman–Crippen MR) is 96.9 cm³/mol. The number of nitrogens with one attached hydrogen (secondary N) is 1. The van der Waals surface area contributed by atoms with Gasteiger partial charge < -0.3 is 5.32 Å². The summed E-state index contributed by atoms with van der Waals surface area (Å²) in [6, 6.07) is 13.1. The third-order valence-corrected chi connectivity index (χ3v) is 4.85. The molecule has 3 amide bonds. The average Bonchev–Trinajstić information content (AvgIpc) is 2.83. The molecule has 1 unspecified atom stereocenters. The molecule has 26 heavy (non-hydrogen) atoms. The molecule has 0 aromatic heterocycles. The second-order valence-corrected chi connectivity index (χ2v) is 6.92. The lowest BCUT2D eigenvalue weighted by molar-refractivity contribution is -0.132. The van der Waals surface area contributed by atoms with Crippen LogP contribution < -0.4 is 5.32 Å². The summed E-state index contributed by atoms with van der Waals surface area (Å²) in [7, 11) is 1.70. The Labute approximate surface area is 156 Å². The van der Waals surface area contributed by atoms with Gasteiger partial charge in [-0.05, 0) is 31.7 Å². The van der Waals surface area contributed by atoms with Gasteiger partial charge in [0.05, 0.1) is 6.67 Å². The van der Waals surface area contributed by atoms with E-state index < -0.39 is 17.4 Å². The molecule has 1 aliphatic heterocycles. The van der Waals surface area contributed by atoms with Crippen molar-refractivity contribution in [1.29, 1.82) is 0 Å². The van der Waals surface area contributed by atoms with E-state index in [1.54, 1.807) is 37.1 Å². The van der Waals surface area contributed by atoms with E-state index in [2.05, 4.69) is 5.32 Å². The van der Waals surface area contributed by atoms with Crippen LogP contribution in [0.4, 0.5) is 9.18 Å². The summed E-state index contributed by atoms with van der Waals surface area (Å²) in [4.78, 5) is 28.0. The fourth-order valence-corrected chi connectivity index (χ4v) is 3.26. The summed E-state index contributed by atoms with van der Waals surface area (Å²) in [6.45, 7) is 1.87. The maximum absolute atomic E-state index is 14.0. The second-order valence-electron chi connectivity index (χ2n) is 6.51.